The Balaban J connectivity index is 2.45. The monoisotopic (exact) mass is 260 g/mol. The molecular weight excluding hydrogens is 232 g/mol. The molecule has 0 aliphatic carbocycles. The van der Waals surface area contributed by atoms with Crippen molar-refractivity contribution in [3.05, 3.63) is 41.5 Å². The van der Waals surface area contributed by atoms with E-state index in [4.69, 9.17) is 4.74 Å². The summed E-state index contributed by atoms with van der Waals surface area (Å²) < 4.78 is 5.64. The molecule has 0 fully saturated rings. The lowest BCUT2D eigenvalue weighted by molar-refractivity contribution is 0.337. The van der Waals surface area contributed by atoms with Crippen molar-refractivity contribution >= 4 is 0 Å². The van der Waals surface area contributed by atoms with Crippen LogP contribution in [0.5, 0.6) is 5.75 Å². The van der Waals surface area contributed by atoms with Crippen LogP contribution >= 0.6 is 0 Å². The van der Waals surface area contributed by atoms with Gasteiger partial charge in [-0.3, -0.25) is 0 Å². The Morgan fingerprint density at radius 2 is 2.00 bits per heavy atom. The third-order valence-electron chi connectivity index (χ3n) is 3.71. The molecule has 0 radical (unpaired) electrons. The summed E-state index contributed by atoms with van der Waals surface area (Å²) >= 11 is 0. The molecule has 0 saturated carbocycles. The topological polar surface area (TPSA) is 9.23 Å². The van der Waals surface area contributed by atoms with Gasteiger partial charge in [0.25, 0.3) is 0 Å². The molecule has 0 bridgehead atoms. The quantitative estimate of drug-likeness (QED) is 0.454. The maximum absolute atomic E-state index is 5.64. The average molecular weight is 260 g/mol. The molecule has 1 rings (SSSR count). The Morgan fingerprint density at radius 3 is 2.63 bits per heavy atom. The second kappa shape index (κ2) is 8.04. The lowest BCUT2D eigenvalue weighted by Crippen LogP contribution is -1.98. The fourth-order valence-electron chi connectivity index (χ4n) is 2.20. The van der Waals surface area contributed by atoms with Gasteiger partial charge in [-0.15, -0.1) is 0 Å². The highest BCUT2D eigenvalue weighted by molar-refractivity contribution is 5.39. The third-order valence-corrected chi connectivity index (χ3v) is 3.71. The van der Waals surface area contributed by atoms with Crippen LogP contribution in [0.25, 0.3) is 0 Å². The largest absolute Gasteiger partial charge is 0.494 e. The van der Waals surface area contributed by atoms with Crippen LogP contribution in [0.2, 0.25) is 0 Å². The van der Waals surface area contributed by atoms with Crippen LogP contribution in [0, 0.1) is 12.8 Å². The van der Waals surface area contributed by atoms with Crippen molar-refractivity contribution in [2.45, 2.75) is 53.4 Å². The van der Waals surface area contributed by atoms with Crippen molar-refractivity contribution < 1.29 is 4.74 Å². The SMILES string of the molecule is C=C(CCCCc1cccc(OCC)c1C)C(C)C. The Kier molecular flexibility index (Phi) is 6.69. The van der Waals surface area contributed by atoms with Gasteiger partial charge in [0.05, 0.1) is 6.61 Å². The predicted molar refractivity (Wildman–Crippen MR) is 83.9 cm³/mol. The van der Waals surface area contributed by atoms with E-state index in [0.29, 0.717) is 5.92 Å². The standard InChI is InChI=1S/C18H28O/c1-6-19-18-13-9-12-17(16(18)5)11-8-7-10-15(4)14(2)3/h9,12-14H,4,6-8,10-11H2,1-3,5H3. The van der Waals surface area contributed by atoms with E-state index in [-0.39, 0.29) is 0 Å². The number of benzene rings is 1. The third kappa shape index (κ3) is 5.10. The molecule has 0 atom stereocenters. The van der Waals surface area contributed by atoms with Crippen molar-refractivity contribution in [2.24, 2.45) is 5.92 Å². The summed E-state index contributed by atoms with van der Waals surface area (Å²) in [5.41, 5.74) is 4.09. The summed E-state index contributed by atoms with van der Waals surface area (Å²) in [5, 5.41) is 0. The molecule has 0 aliphatic heterocycles. The van der Waals surface area contributed by atoms with Crippen LogP contribution in [0.15, 0.2) is 30.4 Å². The summed E-state index contributed by atoms with van der Waals surface area (Å²) in [4.78, 5) is 0. The molecule has 0 heterocycles. The molecule has 1 heteroatoms. The zero-order chi connectivity index (χ0) is 14.3. The molecule has 1 aromatic rings. The number of hydrogen-bond acceptors (Lipinski definition) is 1. The smallest absolute Gasteiger partial charge is 0.122 e. The van der Waals surface area contributed by atoms with Crippen LogP contribution in [0.1, 0.15) is 51.2 Å². The van der Waals surface area contributed by atoms with Gasteiger partial charge in [0.15, 0.2) is 0 Å². The van der Waals surface area contributed by atoms with Crippen molar-refractivity contribution in [1.82, 2.24) is 0 Å². The number of unbranched alkanes of at least 4 members (excludes halogenated alkanes) is 1. The van der Waals surface area contributed by atoms with E-state index in [1.807, 2.05) is 6.92 Å². The molecule has 0 saturated heterocycles. The molecule has 1 aromatic carbocycles. The van der Waals surface area contributed by atoms with Crippen LogP contribution in [0.3, 0.4) is 0 Å². The van der Waals surface area contributed by atoms with Gasteiger partial charge in [-0.1, -0.05) is 38.1 Å². The molecule has 0 amide bonds. The van der Waals surface area contributed by atoms with E-state index >= 15 is 0 Å². The average Bonchev–Trinajstić information content (AvgIpc) is 2.38. The second-order valence-corrected chi connectivity index (χ2v) is 5.49. The van der Waals surface area contributed by atoms with E-state index in [2.05, 4.69) is 45.5 Å². The fourth-order valence-corrected chi connectivity index (χ4v) is 2.20. The first-order chi connectivity index (χ1) is 9.06. The van der Waals surface area contributed by atoms with Crippen molar-refractivity contribution in [3.8, 4) is 5.75 Å². The van der Waals surface area contributed by atoms with Crippen LogP contribution in [0.4, 0.5) is 0 Å². The highest BCUT2D eigenvalue weighted by atomic mass is 16.5. The maximum Gasteiger partial charge on any atom is 0.122 e. The summed E-state index contributed by atoms with van der Waals surface area (Å²) in [7, 11) is 0. The van der Waals surface area contributed by atoms with Crippen LogP contribution < -0.4 is 4.74 Å². The van der Waals surface area contributed by atoms with Gasteiger partial charge in [-0.25, -0.2) is 0 Å². The summed E-state index contributed by atoms with van der Waals surface area (Å²) in [6, 6.07) is 6.37. The Bertz CT molecular complexity index is 404. The zero-order valence-electron chi connectivity index (χ0n) is 13.0. The van der Waals surface area contributed by atoms with Crippen molar-refractivity contribution in [3.63, 3.8) is 0 Å². The normalized spacial score (nSPS) is 10.8. The number of rotatable bonds is 8. The Labute approximate surface area is 118 Å². The minimum Gasteiger partial charge on any atom is -0.494 e. The predicted octanol–water partition coefficient (Wildman–Crippen LogP) is 5.32. The number of ether oxygens (including phenoxy) is 1. The lowest BCUT2D eigenvalue weighted by atomic mass is 9.96. The van der Waals surface area contributed by atoms with E-state index in [1.54, 1.807) is 0 Å². The van der Waals surface area contributed by atoms with E-state index < -0.39 is 0 Å². The molecule has 0 N–H and O–H groups in total. The maximum atomic E-state index is 5.64. The Hall–Kier alpha value is -1.24. The first-order valence-electron chi connectivity index (χ1n) is 7.45. The fraction of sp³-hybridized carbons (Fsp3) is 0.556. The summed E-state index contributed by atoms with van der Waals surface area (Å²) in [5.74, 6) is 1.65. The van der Waals surface area contributed by atoms with Gasteiger partial charge in [-0.2, -0.15) is 0 Å². The molecule has 1 nitrogen and oxygen atoms in total. The summed E-state index contributed by atoms with van der Waals surface area (Å²) in [6.45, 7) is 13.5. The first-order valence-corrected chi connectivity index (χ1v) is 7.45. The second-order valence-electron chi connectivity index (χ2n) is 5.49. The molecule has 106 valence electrons. The molecule has 0 aliphatic rings. The van der Waals surface area contributed by atoms with Crippen molar-refractivity contribution in [2.75, 3.05) is 6.61 Å². The van der Waals surface area contributed by atoms with Crippen molar-refractivity contribution in [1.29, 1.82) is 0 Å². The first kappa shape index (κ1) is 15.8. The highest BCUT2D eigenvalue weighted by Gasteiger charge is 2.05. The lowest BCUT2D eigenvalue weighted by Gasteiger charge is -2.12. The molecule has 0 unspecified atom stereocenters. The van der Waals surface area contributed by atoms with Gasteiger partial charge in [-0.05, 0) is 62.6 Å². The Morgan fingerprint density at radius 1 is 1.26 bits per heavy atom. The van der Waals surface area contributed by atoms with Gasteiger partial charge >= 0.3 is 0 Å². The summed E-state index contributed by atoms with van der Waals surface area (Å²) in [6.07, 6.45) is 4.75. The molecule has 0 spiro atoms. The molecular formula is C18H28O. The number of allylic oxidation sites excluding steroid dienone is 1. The van der Waals surface area contributed by atoms with Crippen LogP contribution in [-0.2, 0) is 6.42 Å². The van der Waals surface area contributed by atoms with E-state index in [9.17, 15) is 0 Å². The number of hydrogen-bond donors (Lipinski definition) is 0. The van der Waals surface area contributed by atoms with Gasteiger partial charge < -0.3 is 4.74 Å². The molecule has 19 heavy (non-hydrogen) atoms. The minimum absolute atomic E-state index is 0.614. The highest BCUT2D eigenvalue weighted by Crippen LogP contribution is 2.23. The molecule has 0 aromatic heterocycles. The number of aryl methyl sites for hydroxylation is 1. The van der Waals surface area contributed by atoms with Gasteiger partial charge in [0.1, 0.15) is 5.75 Å². The van der Waals surface area contributed by atoms with Gasteiger partial charge in [0.2, 0.25) is 0 Å². The zero-order valence-corrected chi connectivity index (χ0v) is 13.0. The van der Waals surface area contributed by atoms with E-state index in [0.717, 1.165) is 25.2 Å². The minimum atomic E-state index is 0.614. The van der Waals surface area contributed by atoms with Gasteiger partial charge in [0, 0.05) is 0 Å². The van der Waals surface area contributed by atoms with E-state index in [1.165, 1.54) is 29.5 Å². The van der Waals surface area contributed by atoms with Crippen LogP contribution in [-0.4, -0.2) is 6.61 Å².